The van der Waals surface area contributed by atoms with Gasteiger partial charge in [0.25, 0.3) is 0 Å². The molecule has 2 rings (SSSR count). The Bertz CT molecular complexity index is 485. The summed E-state index contributed by atoms with van der Waals surface area (Å²) in [5.41, 5.74) is 0.593. The van der Waals surface area contributed by atoms with Gasteiger partial charge >= 0.3 is 12.1 Å². The molecule has 0 aromatic rings. The maximum absolute atomic E-state index is 12.3. The van der Waals surface area contributed by atoms with Crippen molar-refractivity contribution in [2.75, 3.05) is 0 Å². The zero-order chi connectivity index (χ0) is 17.1. The average molecular weight is 343 g/mol. The Balaban J connectivity index is 2.05. The number of esters is 1. The minimum Gasteiger partial charge on any atom is -0.415 e. The molecule has 0 saturated heterocycles. The fourth-order valence-corrected chi connectivity index (χ4v) is 4.25. The minimum atomic E-state index is -1.01. The first kappa shape index (κ1) is 18.3. The van der Waals surface area contributed by atoms with Crippen molar-refractivity contribution < 1.29 is 19.1 Å². The second kappa shape index (κ2) is 7.69. The van der Waals surface area contributed by atoms with Crippen LogP contribution in [-0.2, 0) is 14.3 Å². The van der Waals surface area contributed by atoms with Gasteiger partial charge in [-0.1, -0.05) is 43.5 Å². The van der Waals surface area contributed by atoms with E-state index in [9.17, 15) is 9.59 Å². The van der Waals surface area contributed by atoms with Gasteiger partial charge in [0.1, 0.15) is 0 Å². The standard InChI is InChI=1S/C18H27ClO4/c1-10-5-7-14-11(2)6-8-15(16(14)9-10)12(3)17(20)23-18(21)22-13(4)19/h9,11-16H,5-8H2,1-4H3/t11-,12?,13?,14+,15+,16+/m1/s1. The average Bonchev–Trinajstić information content (AvgIpc) is 2.45. The highest BCUT2D eigenvalue weighted by atomic mass is 35.5. The van der Waals surface area contributed by atoms with E-state index in [1.165, 1.54) is 18.9 Å². The molecule has 0 aliphatic heterocycles. The predicted molar refractivity (Wildman–Crippen MR) is 88.9 cm³/mol. The minimum absolute atomic E-state index is 0.222. The van der Waals surface area contributed by atoms with Crippen molar-refractivity contribution in [2.24, 2.45) is 29.6 Å². The van der Waals surface area contributed by atoms with Gasteiger partial charge < -0.3 is 9.47 Å². The Morgan fingerprint density at radius 3 is 2.61 bits per heavy atom. The molecule has 0 bridgehead atoms. The van der Waals surface area contributed by atoms with Crippen molar-refractivity contribution in [3.8, 4) is 0 Å². The molecule has 5 heteroatoms. The molecule has 2 aliphatic carbocycles. The van der Waals surface area contributed by atoms with Crippen LogP contribution in [0, 0.1) is 29.6 Å². The van der Waals surface area contributed by atoms with Crippen molar-refractivity contribution in [1.29, 1.82) is 0 Å². The number of hydrogen-bond acceptors (Lipinski definition) is 4. The Morgan fingerprint density at radius 1 is 1.26 bits per heavy atom. The topological polar surface area (TPSA) is 52.6 Å². The fraction of sp³-hybridized carbons (Fsp3) is 0.778. The summed E-state index contributed by atoms with van der Waals surface area (Å²) in [5, 5.41) is 0. The molecule has 6 atom stereocenters. The first-order valence-corrected chi connectivity index (χ1v) is 8.97. The van der Waals surface area contributed by atoms with Crippen LogP contribution in [0.1, 0.15) is 53.4 Å². The van der Waals surface area contributed by atoms with Gasteiger partial charge in [-0.15, -0.1) is 0 Å². The fourth-order valence-electron chi connectivity index (χ4n) is 4.18. The Labute approximate surface area is 143 Å². The summed E-state index contributed by atoms with van der Waals surface area (Å²) in [4.78, 5) is 23.8. The summed E-state index contributed by atoms with van der Waals surface area (Å²) in [5.74, 6) is 1.10. The van der Waals surface area contributed by atoms with Gasteiger partial charge in [-0.3, -0.25) is 4.79 Å². The summed E-state index contributed by atoms with van der Waals surface area (Å²) in [6.45, 7) is 7.83. The molecule has 2 unspecified atom stereocenters. The highest BCUT2D eigenvalue weighted by Crippen LogP contribution is 2.48. The van der Waals surface area contributed by atoms with Gasteiger partial charge in [-0.05, 0) is 56.8 Å². The van der Waals surface area contributed by atoms with E-state index in [1.54, 1.807) is 0 Å². The molecule has 130 valence electrons. The van der Waals surface area contributed by atoms with Gasteiger partial charge in [0.2, 0.25) is 0 Å². The zero-order valence-electron chi connectivity index (χ0n) is 14.4. The van der Waals surface area contributed by atoms with Crippen LogP contribution in [0.25, 0.3) is 0 Å². The van der Waals surface area contributed by atoms with Crippen molar-refractivity contribution in [2.45, 2.75) is 58.9 Å². The molecule has 0 aromatic carbocycles. The van der Waals surface area contributed by atoms with E-state index in [-0.39, 0.29) is 11.8 Å². The quantitative estimate of drug-likeness (QED) is 0.316. The van der Waals surface area contributed by atoms with E-state index in [1.807, 2.05) is 6.92 Å². The van der Waals surface area contributed by atoms with Crippen LogP contribution in [-0.4, -0.2) is 17.7 Å². The molecular weight excluding hydrogens is 316 g/mol. The molecule has 0 amide bonds. The van der Waals surface area contributed by atoms with Gasteiger partial charge in [0, 0.05) is 0 Å². The van der Waals surface area contributed by atoms with Crippen LogP contribution in [0.4, 0.5) is 4.79 Å². The van der Waals surface area contributed by atoms with E-state index in [2.05, 4.69) is 24.7 Å². The summed E-state index contributed by atoms with van der Waals surface area (Å²) >= 11 is 5.57. The molecule has 0 aromatic heterocycles. The van der Waals surface area contributed by atoms with Crippen LogP contribution in [0.2, 0.25) is 0 Å². The Hall–Kier alpha value is -1.03. The predicted octanol–water partition coefficient (Wildman–Crippen LogP) is 4.91. The molecule has 1 saturated carbocycles. The molecular formula is C18H27ClO4. The molecule has 4 nitrogen and oxygen atoms in total. The lowest BCUT2D eigenvalue weighted by Crippen LogP contribution is -2.40. The third-order valence-corrected chi connectivity index (χ3v) is 5.57. The van der Waals surface area contributed by atoms with Crippen LogP contribution in [0.3, 0.4) is 0 Å². The highest BCUT2D eigenvalue weighted by molar-refractivity contribution is 6.19. The molecule has 0 heterocycles. The van der Waals surface area contributed by atoms with Crippen LogP contribution >= 0.6 is 11.6 Å². The number of allylic oxidation sites excluding steroid dienone is 2. The second-order valence-electron chi connectivity index (χ2n) is 7.13. The van der Waals surface area contributed by atoms with Gasteiger partial charge in [0.05, 0.1) is 5.92 Å². The Morgan fingerprint density at radius 2 is 1.96 bits per heavy atom. The molecule has 2 aliphatic rings. The van der Waals surface area contributed by atoms with Crippen molar-refractivity contribution >= 4 is 23.7 Å². The number of rotatable bonds is 3. The third kappa shape index (κ3) is 4.50. The Kier molecular flexibility index (Phi) is 6.12. The molecule has 23 heavy (non-hydrogen) atoms. The lowest BCUT2D eigenvalue weighted by Gasteiger charge is -2.45. The summed E-state index contributed by atoms with van der Waals surface area (Å²) in [6, 6.07) is 0. The maximum Gasteiger partial charge on any atom is 0.517 e. The number of carbonyl (C=O) groups is 2. The van der Waals surface area contributed by atoms with Gasteiger partial charge in [0.15, 0.2) is 5.56 Å². The number of alkyl halides is 1. The smallest absolute Gasteiger partial charge is 0.415 e. The van der Waals surface area contributed by atoms with E-state index >= 15 is 0 Å². The zero-order valence-corrected chi connectivity index (χ0v) is 15.1. The second-order valence-corrected chi connectivity index (χ2v) is 7.75. The molecule has 0 N–H and O–H groups in total. The van der Waals surface area contributed by atoms with Crippen molar-refractivity contribution in [1.82, 2.24) is 0 Å². The van der Waals surface area contributed by atoms with E-state index in [0.29, 0.717) is 17.8 Å². The van der Waals surface area contributed by atoms with Gasteiger partial charge in [-0.2, -0.15) is 0 Å². The lowest BCUT2D eigenvalue weighted by atomic mass is 9.60. The molecule has 1 fully saturated rings. The van der Waals surface area contributed by atoms with E-state index < -0.39 is 17.7 Å². The first-order chi connectivity index (χ1) is 10.8. The number of carbonyl (C=O) groups excluding carboxylic acids is 2. The van der Waals surface area contributed by atoms with Crippen LogP contribution in [0.15, 0.2) is 11.6 Å². The first-order valence-electron chi connectivity index (χ1n) is 8.53. The number of hydrogen-bond donors (Lipinski definition) is 0. The maximum atomic E-state index is 12.3. The number of halogens is 1. The van der Waals surface area contributed by atoms with Gasteiger partial charge in [-0.25, -0.2) is 4.79 Å². The molecule has 0 radical (unpaired) electrons. The van der Waals surface area contributed by atoms with Crippen LogP contribution in [0.5, 0.6) is 0 Å². The van der Waals surface area contributed by atoms with E-state index in [0.717, 1.165) is 19.3 Å². The lowest BCUT2D eigenvalue weighted by molar-refractivity contribution is -0.147. The van der Waals surface area contributed by atoms with Crippen molar-refractivity contribution in [3.05, 3.63) is 11.6 Å². The van der Waals surface area contributed by atoms with E-state index in [4.69, 9.17) is 16.3 Å². The van der Waals surface area contributed by atoms with Crippen LogP contribution < -0.4 is 0 Å². The SMILES string of the molecule is CC1=C[C@H]2[C@@H](CC1)[C@H](C)CC[C@H]2C(C)C(=O)OC(=O)OC(C)Cl. The largest absolute Gasteiger partial charge is 0.517 e. The highest BCUT2D eigenvalue weighted by Gasteiger charge is 2.42. The normalized spacial score (nSPS) is 33.0. The number of ether oxygens (including phenoxy) is 2. The summed E-state index contributed by atoms with van der Waals surface area (Å²) in [6.07, 6.45) is 5.79. The summed E-state index contributed by atoms with van der Waals surface area (Å²) < 4.78 is 9.48. The monoisotopic (exact) mass is 342 g/mol. The number of fused-ring (bicyclic) bond motifs is 1. The van der Waals surface area contributed by atoms with Crippen molar-refractivity contribution in [3.63, 3.8) is 0 Å². The third-order valence-electron chi connectivity index (χ3n) is 5.48. The molecule has 0 spiro atoms. The summed E-state index contributed by atoms with van der Waals surface area (Å²) in [7, 11) is 0.